The molecule has 1 aliphatic rings. The lowest BCUT2D eigenvalue weighted by Crippen LogP contribution is -2.16. The number of halogens is 1. The van der Waals surface area contributed by atoms with E-state index in [0.29, 0.717) is 6.04 Å². The van der Waals surface area contributed by atoms with Gasteiger partial charge in [0.2, 0.25) is 0 Å². The standard InChI is InChI=1S/C17H17BrN4/c18-13-7-8-15-21-16(12-4-3-9-19-10-12)17(22(15)11-13)20-14-5-1-2-6-14/h3-4,7-11,14,20H,1-2,5-6H2. The minimum Gasteiger partial charge on any atom is -0.367 e. The van der Waals surface area contributed by atoms with Crippen molar-refractivity contribution in [3.05, 3.63) is 47.3 Å². The average Bonchev–Trinajstić information content (AvgIpc) is 3.17. The zero-order chi connectivity index (χ0) is 14.9. The third-order valence-corrected chi connectivity index (χ3v) is 4.68. The molecule has 0 aromatic carbocycles. The highest BCUT2D eigenvalue weighted by Gasteiger charge is 2.20. The van der Waals surface area contributed by atoms with Crippen LogP contribution in [0.5, 0.6) is 0 Å². The average molecular weight is 357 g/mol. The second-order valence-electron chi connectivity index (χ2n) is 5.75. The van der Waals surface area contributed by atoms with Gasteiger partial charge in [-0.3, -0.25) is 9.38 Å². The van der Waals surface area contributed by atoms with Gasteiger partial charge in [0, 0.05) is 34.7 Å². The number of anilines is 1. The van der Waals surface area contributed by atoms with E-state index in [4.69, 9.17) is 4.98 Å². The van der Waals surface area contributed by atoms with Gasteiger partial charge in [-0.15, -0.1) is 0 Å². The van der Waals surface area contributed by atoms with Crippen LogP contribution in [0.4, 0.5) is 5.82 Å². The molecule has 5 heteroatoms. The third-order valence-electron chi connectivity index (χ3n) is 4.21. The summed E-state index contributed by atoms with van der Waals surface area (Å²) in [5, 5.41) is 3.71. The number of hydrogen-bond acceptors (Lipinski definition) is 3. The topological polar surface area (TPSA) is 42.2 Å². The smallest absolute Gasteiger partial charge is 0.139 e. The maximum atomic E-state index is 4.81. The van der Waals surface area contributed by atoms with Gasteiger partial charge in [-0.25, -0.2) is 4.98 Å². The molecule has 1 saturated carbocycles. The van der Waals surface area contributed by atoms with Crippen molar-refractivity contribution >= 4 is 27.4 Å². The highest BCUT2D eigenvalue weighted by Crippen LogP contribution is 2.32. The van der Waals surface area contributed by atoms with E-state index in [1.165, 1.54) is 25.7 Å². The Kier molecular flexibility index (Phi) is 3.58. The lowest BCUT2D eigenvalue weighted by atomic mass is 10.2. The molecule has 4 rings (SSSR count). The first-order valence-corrected chi connectivity index (χ1v) is 8.45. The predicted molar refractivity (Wildman–Crippen MR) is 92.0 cm³/mol. The van der Waals surface area contributed by atoms with Crippen molar-refractivity contribution in [2.45, 2.75) is 31.7 Å². The third kappa shape index (κ3) is 2.50. The Bertz CT molecular complexity index is 791. The maximum absolute atomic E-state index is 4.81. The number of aromatic nitrogens is 3. The van der Waals surface area contributed by atoms with Crippen LogP contribution in [0.25, 0.3) is 16.9 Å². The molecule has 0 unspecified atom stereocenters. The highest BCUT2D eigenvalue weighted by molar-refractivity contribution is 9.10. The van der Waals surface area contributed by atoms with Gasteiger partial charge in [0.25, 0.3) is 0 Å². The van der Waals surface area contributed by atoms with Gasteiger partial charge in [-0.2, -0.15) is 0 Å². The summed E-state index contributed by atoms with van der Waals surface area (Å²) in [6, 6.07) is 8.60. The van der Waals surface area contributed by atoms with E-state index >= 15 is 0 Å². The predicted octanol–water partition coefficient (Wildman–Crippen LogP) is 4.51. The Hall–Kier alpha value is -1.88. The van der Waals surface area contributed by atoms with Crippen LogP contribution < -0.4 is 5.32 Å². The molecule has 1 fully saturated rings. The molecule has 0 atom stereocenters. The van der Waals surface area contributed by atoms with E-state index in [9.17, 15) is 0 Å². The van der Waals surface area contributed by atoms with Gasteiger partial charge in [0.1, 0.15) is 17.2 Å². The molecule has 4 nitrogen and oxygen atoms in total. The summed E-state index contributed by atoms with van der Waals surface area (Å²) in [7, 11) is 0. The van der Waals surface area contributed by atoms with Crippen LogP contribution in [-0.2, 0) is 0 Å². The first kappa shape index (κ1) is 13.8. The Morgan fingerprint density at radius 3 is 2.82 bits per heavy atom. The lowest BCUT2D eigenvalue weighted by molar-refractivity contribution is 0.749. The van der Waals surface area contributed by atoms with Crippen LogP contribution in [0.1, 0.15) is 25.7 Å². The molecule has 0 aliphatic heterocycles. The molecule has 0 bridgehead atoms. The normalized spacial score (nSPS) is 15.5. The fourth-order valence-corrected chi connectivity index (χ4v) is 3.46. The highest BCUT2D eigenvalue weighted by atomic mass is 79.9. The Balaban J connectivity index is 1.86. The molecule has 0 amide bonds. The second-order valence-corrected chi connectivity index (χ2v) is 6.67. The van der Waals surface area contributed by atoms with Crippen LogP contribution >= 0.6 is 15.9 Å². The van der Waals surface area contributed by atoms with E-state index in [1.54, 1.807) is 6.20 Å². The van der Waals surface area contributed by atoms with Gasteiger partial charge in [-0.05, 0) is 53.0 Å². The molecule has 22 heavy (non-hydrogen) atoms. The summed E-state index contributed by atoms with van der Waals surface area (Å²) in [4.78, 5) is 9.04. The SMILES string of the molecule is Brc1ccc2nc(-c3cccnc3)c(NC3CCCC3)n2c1. The summed E-state index contributed by atoms with van der Waals surface area (Å²) >= 11 is 3.56. The summed E-state index contributed by atoms with van der Waals surface area (Å²) in [5.41, 5.74) is 2.96. The number of nitrogens with zero attached hydrogens (tertiary/aromatic N) is 3. The number of fused-ring (bicyclic) bond motifs is 1. The van der Waals surface area contributed by atoms with Gasteiger partial charge < -0.3 is 5.32 Å². The first-order chi connectivity index (χ1) is 10.8. The van der Waals surface area contributed by atoms with Crippen molar-refractivity contribution < 1.29 is 0 Å². The molecular formula is C17H17BrN4. The number of imidazole rings is 1. The van der Waals surface area contributed by atoms with Crippen LogP contribution in [-0.4, -0.2) is 20.4 Å². The Labute approximate surface area is 137 Å². The monoisotopic (exact) mass is 356 g/mol. The molecule has 1 N–H and O–H groups in total. The number of nitrogens with one attached hydrogen (secondary N) is 1. The molecule has 3 aromatic rings. The van der Waals surface area contributed by atoms with Gasteiger partial charge >= 0.3 is 0 Å². The molecule has 0 radical (unpaired) electrons. The second kappa shape index (κ2) is 5.72. The van der Waals surface area contributed by atoms with E-state index in [-0.39, 0.29) is 0 Å². The van der Waals surface area contributed by atoms with Crippen LogP contribution in [0.15, 0.2) is 47.3 Å². The van der Waals surface area contributed by atoms with Crippen molar-refractivity contribution in [2.75, 3.05) is 5.32 Å². The van der Waals surface area contributed by atoms with E-state index in [1.807, 2.05) is 24.4 Å². The van der Waals surface area contributed by atoms with Crippen molar-refractivity contribution in [3.8, 4) is 11.3 Å². The van der Waals surface area contributed by atoms with Crippen LogP contribution in [0, 0.1) is 0 Å². The number of rotatable bonds is 3. The van der Waals surface area contributed by atoms with Crippen molar-refractivity contribution in [2.24, 2.45) is 0 Å². The van der Waals surface area contributed by atoms with Crippen molar-refractivity contribution in [1.82, 2.24) is 14.4 Å². The first-order valence-electron chi connectivity index (χ1n) is 7.66. The van der Waals surface area contributed by atoms with Gasteiger partial charge in [-0.1, -0.05) is 12.8 Å². The summed E-state index contributed by atoms with van der Waals surface area (Å²) in [6.45, 7) is 0. The molecule has 1 aliphatic carbocycles. The van der Waals surface area contributed by atoms with E-state index < -0.39 is 0 Å². The molecule has 112 valence electrons. The Morgan fingerprint density at radius 1 is 1.18 bits per heavy atom. The largest absolute Gasteiger partial charge is 0.367 e. The fourth-order valence-electron chi connectivity index (χ4n) is 3.12. The molecule has 0 saturated heterocycles. The van der Waals surface area contributed by atoms with Crippen LogP contribution in [0.3, 0.4) is 0 Å². The fraction of sp³-hybridized carbons (Fsp3) is 0.294. The number of pyridine rings is 2. The maximum Gasteiger partial charge on any atom is 0.139 e. The summed E-state index contributed by atoms with van der Waals surface area (Å²) < 4.78 is 3.18. The molecular weight excluding hydrogens is 340 g/mol. The summed E-state index contributed by atoms with van der Waals surface area (Å²) in [5.74, 6) is 1.07. The molecule has 3 heterocycles. The van der Waals surface area contributed by atoms with Gasteiger partial charge in [0.15, 0.2) is 0 Å². The Morgan fingerprint density at radius 2 is 2.05 bits per heavy atom. The van der Waals surface area contributed by atoms with Crippen molar-refractivity contribution in [1.29, 1.82) is 0 Å². The van der Waals surface area contributed by atoms with E-state index in [2.05, 4.69) is 42.9 Å². The summed E-state index contributed by atoms with van der Waals surface area (Å²) in [6.07, 6.45) is 10.8. The molecule has 3 aromatic heterocycles. The van der Waals surface area contributed by atoms with Crippen LogP contribution in [0.2, 0.25) is 0 Å². The minimum absolute atomic E-state index is 0.536. The quantitative estimate of drug-likeness (QED) is 0.750. The minimum atomic E-state index is 0.536. The zero-order valence-corrected chi connectivity index (χ0v) is 13.8. The lowest BCUT2D eigenvalue weighted by Gasteiger charge is -2.14. The molecule has 0 spiro atoms. The van der Waals surface area contributed by atoms with E-state index in [0.717, 1.165) is 27.2 Å². The van der Waals surface area contributed by atoms with Gasteiger partial charge in [0.05, 0.1) is 0 Å². The van der Waals surface area contributed by atoms with Crippen molar-refractivity contribution in [3.63, 3.8) is 0 Å². The number of hydrogen-bond donors (Lipinski definition) is 1. The zero-order valence-electron chi connectivity index (χ0n) is 12.2.